The third-order valence-electron chi connectivity index (χ3n) is 5.12. The van der Waals surface area contributed by atoms with Crippen LogP contribution in [0, 0.1) is 0 Å². The number of aliphatic hydroxyl groups is 1. The lowest BCUT2D eigenvalue weighted by atomic mass is 9.92. The fraction of sp³-hybridized carbons (Fsp3) is 0.227. The number of benzene rings is 3. The van der Waals surface area contributed by atoms with Gasteiger partial charge in [0, 0.05) is 11.3 Å². The quantitative estimate of drug-likeness (QED) is 0.720. The highest BCUT2D eigenvalue weighted by molar-refractivity contribution is 6.12. The summed E-state index contributed by atoms with van der Waals surface area (Å²) in [6.07, 6.45) is 3.66. The van der Waals surface area contributed by atoms with Gasteiger partial charge >= 0.3 is 0 Å². The van der Waals surface area contributed by atoms with Gasteiger partial charge in [0.05, 0.1) is 5.60 Å². The molecule has 0 atom stereocenters. The summed E-state index contributed by atoms with van der Waals surface area (Å²) in [5.41, 5.74) is 1.51. The Bertz CT molecular complexity index is 921. The van der Waals surface area contributed by atoms with Gasteiger partial charge in [0.2, 0.25) is 0 Å². The van der Waals surface area contributed by atoms with Crippen molar-refractivity contribution in [3.05, 3.63) is 77.9 Å². The molecule has 0 unspecified atom stereocenters. The highest BCUT2D eigenvalue weighted by atomic mass is 16.3. The molecule has 3 heteroatoms. The van der Waals surface area contributed by atoms with Crippen LogP contribution in [-0.2, 0) is 5.60 Å². The standard InChI is InChI=1S/C22H21NO2/c24-21(20-12-5-8-16-7-1-2-11-19(16)20)23-18-10-6-9-17(15-18)22(25)13-3-4-14-22/h1-2,5-12,15,25H,3-4,13-14H2,(H,23,24). The van der Waals surface area contributed by atoms with E-state index in [-0.39, 0.29) is 5.91 Å². The molecule has 3 aromatic carbocycles. The van der Waals surface area contributed by atoms with Gasteiger partial charge in [-0.05, 0) is 47.4 Å². The summed E-state index contributed by atoms with van der Waals surface area (Å²) in [5, 5.41) is 15.7. The van der Waals surface area contributed by atoms with Crippen LogP contribution >= 0.6 is 0 Å². The number of hydrogen-bond acceptors (Lipinski definition) is 2. The van der Waals surface area contributed by atoms with Crippen LogP contribution in [0.2, 0.25) is 0 Å². The Morgan fingerprint density at radius 2 is 1.64 bits per heavy atom. The Hall–Kier alpha value is -2.65. The second-order valence-corrected chi connectivity index (χ2v) is 6.80. The molecule has 4 rings (SSSR count). The lowest BCUT2D eigenvalue weighted by molar-refractivity contribution is 0.0445. The highest BCUT2D eigenvalue weighted by Crippen LogP contribution is 2.39. The lowest BCUT2D eigenvalue weighted by Gasteiger charge is -2.23. The van der Waals surface area contributed by atoms with E-state index < -0.39 is 5.60 Å². The number of carbonyl (C=O) groups excluding carboxylic acids is 1. The maximum atomic E-state index is 12.8. The maximum absolute atomic E-state index is 12.8. The first-order valence-electron chi connectivity index (χ1n) is 8.78. The topological polar surface area (TPSA) is 49.3 Å². The van der Waals surface area contributed by atoms with Crippen molar-refractivity contribution in [2.24, 2.45) is 0 Å². The molecule has 1 fully saturated rings. The SMILES string of the molecule is O=C(Nc1cccc(C2(O)CCCC2)c1)c1cccc2ccccc12. The van der Waals surface area contributed by atoms with Gasteiger partial charge in [-0.3, -0.25) is 4.79 Å². The molecule has 25 heavy (non-hydrogen) atoms. The van der Waals surface area contributed by atoms with E-state index in [1.165, 1.54) is 0 Å². The van der Waals surface area contributed by atoms with Crippen molar-refractivity contribution in [2.45, 2.75) is 31.3 Å². The molecule has 1 saturated carbocycles. The van der Waals surface area contributed by atoms with E-state index >= 15 is 0 Å². The smallest absolute Gasteiger partial charge is 0.256 e. The first-order chi connectivity index (χ1) is 12.2. The molecule has 1 aliphatic rings. The van der Waals surface area contributed by atoms with Crippen molar-refractivity contribution in [1.82, 2.24) is 0 Å². The predicted octanol–water partition coefficient (Wildman–Crippen LogP) is 4.85. The van der Waals surface area contributed by atoms with Crippen molar-refractivity contribution < 1.29 is 9.90 Å². The average Bonchev–Trinajstić information content (AvgIpc) is 3.09. The van der Waals surface area contributed by atoms with Crippen molar-refractivity contribution in [1.29, 1.82) is 0 Å². The molecule has 1 amide bonds. The third-order valence-corrected chi connectivity index (χ3v) is 5.12. The first kappa shape index (κ1) is 15.9. The van der Waals surface area contributed by atoms with Crippen molar-refractivity contribution in [3.63, 3.8) is 0 Å². The van der Waals surface area contributed by atoms with Crippen molar-refractivity contribution in [2.75, 3.05) is 5.32 Å². The van der Waals surface area contributed by atoms with E-state index in [1.807, 2.05) is 66.7 Å². The largest absolute Gasteiger partial charge is 0.385 e. The summed E-state index contributed by atoms with van der Waals surface area (Å²) >= 11 is 0. The van der Waals surface area contributed by atoms with Crippen LogP contribution in [0.3, 0.4) is 0 Å². The van der Waals surface area contributed by atoms with E-state index in [0.29, 0.717) is 5.56 Å². The van der Waals surface area contributed by atoms with Crippen LogP contribution in [0.25, 0.3) is 10.8 Å². The Morgan fingerprint density at radius 1 is 0.920 bits per heavy atom. The van der Waals surface area contributed by atoms with Gasteiger partial charge in [-0.1, -0.05) is 61.4 Å². The Balaban J connectivity index is 1.63. The van der Waals surface area contributed by atoms with E-state index in [9.17, 15) is 9.90 Å². The second kappa shape index (κ2) is 6.34. The fourth-order valence-corrected chi connectivity index (χ4v) is 3.76. The van der Waals surface area contributed by atoms with E-state index in [1.54, 1.807) is 0 Å². The monoisotopic (exact) mass is 331 g/mol. The summed E-state index contributed by atoms with van der Waals surface area (Å²) in [6.45, 7) is 0. The number of nitrogens with one attached hydrogen (secondary N) is 1. The first-order valence-corrected chi connectivity index (χ1v) is 8.78. The fourth-order valence-electron chi connectivity index (χ4n) is 3.76. The Kier molecular flexibility index (Phi) is 4.02. The van der Waals surface area contributed by atoms with E-state index in [2.05, 4.69) is 5.32 Å². The second-order valence-electron chi connectivity index (χ2n) is 6.80. The van der Waals surface area contributed by atoms with Crippen LogP contribution in [0.1, 0.15) is 41.6 Å². The van der Waals surface area contributed by atoms with Crippen LogP contribution in [0.4, 0.5) is 5.69 Å². The molecule has 0 aliphatic heterocycles. The summed E-state index contributed by atoms with van der Waals surface area (Å²) in [4.78, 5) is 12.8. The molecule has 0 heterocycles. The predicted molar refractivity (Wildman–Crippen MR) is 101 cm³/mol. The lowest BCUT2D eigenvalue weighted by Crippen LogP contribution is -2.21. The molecule has 0 spiro atoms. The van der Waals surface area contributed by atoms with Crippen molar-refractivity contribution in [3.8, 4) is 0 Å². The number of fused-ring (bicyclic) bond motifs is 1. The van der Waals surface area contributed by atoms with Crippen molar-refractivity contribution >= 4 is 22.4 Å². The molecule has 126 valence electrons. The Labute approximate surface area is 147 Å². The highest BCUT2D eigenvalue weighted by Gasteiger charge is 2.33. The van der Waals surface area contributed by atoms with Gasteiger partial charge in [0.1, 0.15) is 0 Å². The third kappa shape index (κ3) is 3.03. The molecular weight excluding hydrogens is 310 g/mol. The number of carbonyl (C=O) groups is 1. The Morgan fingerprint density at radius 3 is 2.48 bits per heavy atom. The number of anilines is 1. The normalized spacial score (nSPS) is 16.0. The van der Waals surface area contributed by atoms with Gasteiger partial charge in [-0.25, -0.2) is 0 Å². The molecule has 1 aliphatic carbocycles. The molecule has 0 aromatic heterocycles. The van der Waals surface area contributed by atoms with Gasteiger partial charge in [0.15, 0.2) is 0 Å². The van der Waals surface area contributed by atoms with Gasteiger partial charge in [-0.2, -0.15) is 0 Å². The van der Waals surface area contributed by atoms with Gasteiger partial charge in [-0.15, -0.1) is 0 Å². The molecule has 2 N–H and O–H groups in total. The minimum Gasteiger partial charge on any atom is -0.385 e. The van der Waals surface area contributed by atoms with Gasteiger partial charge < -0.3 is 10.4 Å². The maximum Gasteiger partial charge on any atom is 0.256 e. The summed E-state index contributed by atoms with van der Waals surface area (Å²) in [6, 6.07) is 21.2. The summed E-state index contributed by atoms with van der Waals surface area (Å²) in [7, 11) is 0. The average molecular weight is 331 g/mol. The zero-order valence-electron chi connectivity index (χ0n) is 14.0. The molecule has 0 radical (unpaired) electrons. The van der Waals surface area contributed by atoms with Crippen LogP contribution in [0.15, 0.2) is 66.7 Å². The minimum atomic E-state index is -0.750. The molecule has 0 saturated heterocycles. The summed E-state index contributed by atoms with van der Waals surface area (Å²) < 4.78 is 0. The van der Waals surface area contributed by atoms with Crippen LogP contribution in [0.5, 0.6) is 0 Å². The number of rotatable bonds is 3. The van der Waals surface area contributed by atoms with Gasteiger partial charge in [0.25, 0.3) is 5.91 Å². The molecule has 3 nitrogen and oxygen atoms in total. The van der Waals surface area contributed by atoms with E-state index in [4.69, 9.17) is 0 Å². The zero-order chi connectivity index (χ0) is 17.3. The zero-order valence-corrected chi connectivity index (χ0v) is 14.0. The van der Waals surface area contributed by atoms with Crippen LogP contribution in [-0.4, -0.2) is 11.0 Å². The number of amides is 1. The molecular formula is C22H21NO2. The number of hydrogen-bond donors (Lipinski definition) is 2. The van der Waals surface area contributed by atoms with Crippen LogP contribution < -0.4 is 5.32 Å². The molecule has 3 aromatic rings. The molecule has 0 bridgehead atoms. The van der Waals surface area contributed by atoms with E-state index in [0.717, 1.165) is 47.7 Å². The minimum absolute atomic E-state index is 0.132. The summed E-state index contributed by atoms with van der Waals surface area (Å²) in [5.74, 6) is -0.132.